The summed E-state index contributed by atoms with van der Waals surface area (Å²) in [5, 5.41) is 11.6. The Morgan fingerprint density at radius 2 is 1.76 bits per heavy atom. The Bertz CT molecular complexity index is 414. The zero-order valence-corrected chi connectivity index (χ0v) is 18.8. The molecule has 8 heteroatoms. The Hall–Kier alpha value is -0.250. The summed E-state index contributed by atoms with van der Waals surface area (Å²) in [4.78, 5) is 11.8. The highest BCUT2D eigenvalue weighted by atomic mass is 79.9. The Balaban J connectivity index is 4.30. The number of hydrogen-bond acceptors (Lipinski definition) is 5. The van der Waals surface area contributed by atoms with Gasteiger partial charge in [-0.15, -0.1) is 0 Å². The van der Waals surface area contributed by atoms with Gasteiger partial charge in [0.1, 0.15) is 0 Å². The average Bonchev–Trinajstić information content (AvgIpc) is 2.48. The van der Waals surface area contributed by atoms with E-state index in [-0.39, 0.29) is 5.91 Å². The maximum Gasteiger partial charge on any atom is 0.259 e. The van der Waals surface area contributed by atoms with E-state index in [1.54, 1.807) is 0 Å². The number of nitrogens with one attached hydrogen (secondary N) is 1. The molecular weight excluding hydrogens is 405 g/mol. The van der Waals surface area contributed by atoms with Crippen molar-refractivity contribution >= 4 is 30.4 Å². The average molecular weight is 438 g/mol. The molecule has 0 aromatic carbocycles. The van der Waals surface area contributed by atoms with Crippen molar-refractivity contribution in [1.82, 2.24) is 9.99 Å². The largest absolute Gasteiger partial charge is 0.355 e. The molecule has 0 saturated heterocycles. The quantitative estimate of drug-likeness (QED) is 0.263. The number of alkyl halides is 1. The van der Waals surface area contributed by atoms with Crippen LogP contribution in [0.2, 0.25) is 0 Å². The third-order valence-corrected chi connectivity index (χ3v) is 5.73. The molecule has 0 aromatic rings. The summed E-state index contributed by atoms with van der Waals surface area (Å²) in [5.41, 5.74) is 0. The van der Waals surface area contributed by atoms with Gasteiger partial charge in [0, 0.05) is 18.6 Å². The van der Waals surface area contributed by atoms with Crippen molar-refractivity contribution < 1.29 is 13.8 Å². The van der Waals surface area contributed by atoms with Crippen LogP contribution in [0.5, 0.6) is 0 Å². The van der Waals surface area contributed by atoms with E-state index >= 15 is 0 Å². The van der Waals surface area contributed by atoms with E-state index in [1.165, 1.54) is 0 Å². The van der Waals surface area contributed by atoms with Crippen LogP contribution in [-0.4, -0.2) is 46.7 Å². The first-order valence-electron chi connectivity index (χ1n) is 8.79. The molecule has 0 radical (unpaired) electrons. The molecule has 0 aliphatic heterocycles. The summed E-state index contributed by atoms with van der Waals surface area (Å²) in [6.45, 7) is 13.7. The van der Waals surface area contributed by atoms with Crippen LogP contribution in [0, 0.1) is 11.3 Å². The van der Waals surface area contributed by atoms with Crippen molar-refractivity contribution in [2.45, 2.75) is 77.2 Å². The minimum absolute atomic E-state index is 0.0127. The minimum Gasteiger partial charge on any atom is -0.355 e. The number of halogens is 1. The number of nitriles is 1. The van der Waals surface area contributed by atoms with E-state index < -0.39 is 12.9 Å². The second kappa shape index (κ2) is 13.0. The third-order valence-electron chi connectivity index (χ3n) is 3.26. The molecule has 1 amide bonds. The SMILES string of the molecule is CC(C)N(C(C)C)P(OCCC#N)OCCCCNC(=O)C(C)(C)Br. The molecule has 0 aromatic heterocycles. The van der Waals surface area contributed by atoms with Crippen LogP contribution in [0.1, 0.15) is 60.8 Å². The predicted molar refractivity (Wildman–Crippen MR) is 106 cm³/mol. The fourth-order valence-electron chi connectivity index (χ4n) is 2.10. The van der Waals surface area contributed by atoms with Gasteiger partial charge in [0.15, 0.2) is 0 Å². The van der Waals surface area contributed by atoms with Crippen molar-refractivity contribution in [3.63, 3.8) is 0 Å². The van der Waals surface area contributed by atoms with E-state index in [9.17, 15) is 4.79 Å². The predicted octanol–water partition coefficient (Wildman–Crippen LogP) is 4.35. The van der Waals surface area contributed by atoms with Gasteiger partial charge in [0.2, 0.25) is 5.91 Å². The zero-order chi connectivity index (χ0) is 19.5. The number of nitrogens with zero attached hydrogens (tertiary/aromatic N) is 2. The van der Waals surface area contributed by atoms with Crippen LogP contribution in [0.3, 0.4) is 0 Å². The normalized spacial score (nSPS) is 13.3. The van der Waals surface area contributed by atoms with Crippen molar-refractivity contribution in [1.29, 1.82) is 5.26 Å². The maximum atomic E-state index is 11.8. The van der Waals surface area contributed by atoms with Crippen LogP contribution < -0.4 is 5.32 Å². The second-order valence-electron chi connectivity index (χ2n) is 6.82. The fourth-order valence-corrected chi connectivity index (χ4v) is 3.86. The molecule has 6 nitrogen and oxygen atoms in total. The second-order valence-corrected chi connectivity index (χ2v) is 10.3. The number of unbranched alkanes of at least 4 members (excludes halogenated alkanes) is 1. The molecule has 0 bridgehead atoms. The van der Waals surface area contributed by atoms with Gasteiger partial charge < -0.3 is 14.4 Å². The highest BCUT2D eigenvalue weighted by Crippen LogP contribution is 2.46. The summed E-state index contributed by atoms with van der Waals surface area (Å²) in [6.07, 6.45) is 2.05. The van der Waals surface area contributed by atoms with Crippen LogP contribution in [0.15, 0.2) is 0 Å². The monoisotopic (exact) mass is 437 g/mol. The summed E-state index contributed by atoms with van der Waals surface area (Å²) >= 11 is 3.34. The van der Waals surface area contributed by atoms with Crippen molar-refractivity contribution in [2.24, 2.45) is 0 Å². The number of carbonyl (C=O) groups is 1. The Morgan fingerprint density at radius 3 is 2.24 bits per heavy atom. The lowest BCUT2D eigenvalue weighted by molar-refractivity contribution is -0.122. The van der Waals surface area contributed by atoms with E-state index in [2.05, 4.69) is 59.7 Å². The van der Waals surface area contributed by atoms with E-state index in [4.69, 9.17) is 14.3 Å². The highest BCUT2D eigenvalue weighted by Gasteiger charge is 2.27. The molecule has 0 aliphatic carbocycles. The van der Waals surface area contributed by atoms with Gasteiger partial charge in [-0.1, -0.05) is 15.9 Å². The van der Waals surface area contributed by atoms with Gasteiger partial charge in [-0.05, 0) is 54.4 Å². The minimum atomic E-state index is -1.18. The standard InChI is InChI=1S/C17H33BrN3O3P/c1-14(2)21(15(3)4)25(24-13-9-10-19)23-12-8-7-11-20-16(22)17(5,6)18/h14-15H,7-9,11-13H2,1-6H3,(H,20,22). The van der Waals surface area contributed by atoms with Gasteiger partial charge in [-0.25, -0.2) is 4.67 Å². The number of hydrogen-bond donors (Lipinski definition) is 1. The van der Waals surface area contributed by atoms with E-state index in [0.29, 0.717) is 38.3 Å². The highest BCUT2D eigenvalue weighted by molar-refractivity contribution is 9.10. The van der Waals surface area contributed by atoms with Gasteiger partial charge in [-0.2, -0.15) is 5.26 Å². The van der Waals surface area contributed by atoms with Gasteiger partial charge in [0.05, 0.1) is 30.0 Å². The van der Waals surface area contributed by atoms with Crippen LogP contribution in [0.4, 0.5) is 0 Å². The van der Waals surface area contributed by atoms with Crippen molar-refractivity contribution in [3.05, 3.63) is 0 Å². The molecule has 0 heterocycles. The molecule has 1 N–H and O–H groups in total. The number of amides is 1. The van der Waals surface area contributed by atoms with Gasteiger partial charge in [0.25, 0.3) is 8.53 Å². The molecule has 146 valence electrons. The Labute approximate surface area is 162 Å². The summed E-state index contributed by atoms with van der Waals surface area (Å²) < 4.78 is 13.5. The molecule has 0 rings (SSSR count). The summed E-state index contributed by atoms with van der Waals surface area (Å²) in [5.74, 6) is -0.0127. The van der Waals surface area contributed by atoms with E-state index in [1.807, 2.05) is 13.8 Å². The molecule has 25 heavy (non-hydrogen) atoms. The molecule has 0 saturated carbocycles. The first-order chi connectivity index (χ1) is 11.6. The molecule has 1 unspecified atom stereocenters. The number of rotatable bonds is 13. The smallest absolute Gasteiger partial charge is 0.259 e. The molecule has 0 aliphatic rings. The first kappa shape index (κ1) is 24.8. The van der Waals surface area contributed by atoms with Gasteiger partial charge >= 0.3 is 0 Å². The molecule has 0 fully saturated rings. The lowest BCUT2D eigenvalue weighted by Gasteiger charge is -2.35. The van der Waals surface area contributed by atoms with Crippen LogP contribution >= 0.6 is 24.5 Å². The van der Waals surface area contributed by atoms with Gasteiger partial charge in [-0.3, -0.25) is 4.79 Å². The molecule has 1 atom stereocenters. The van der Waals surface area contributed by atoms with Crippen molar-refractivity contribution in [3.8, 4) is 6.07 Å². The van der Waals surface area contributed by atoms with E-state index in [0.717, 1.165) is 12.8 Å². The fraction of sp³-hybridized carbons (Fsp3) is 0.882. The van der Waals surface area contributed by atoms with Crippen molar-refractivity contribution in [2.75, 3.05) is 19.8 Å². The summed E-state index contributed by atoms with van der Waals surface area (Å²) in [6, 6.07) is 2.69. The summed E-state index contributed by atoms with van der Waals surface area (Å²) in [7, 11) is -1.18. The first-order valence-corrected chi connectivity index (χ1v) is 10.7. The zero-order valence-electron chi connectivity index (χ0n) is 16.3. The third kappa shape index (κ3) is 11.1. The topological polar surface area (TPSA) is 74.6 Å². The molecular formula is C17H33BrN3O3P. The Kier molecular flexibility index (Phi) is 12.9. The number of carbonyl (C=O) groups excluding carboxylic acids is 1. The lowest BCUT2D eigenvalue weighted by Crippen LogP contribution is -2.38. The Morgan fingerprint density at radius 1 is 1.20 bits per heavy atom. The van der Waals surface area contributed by atoms with Crippen LogP contribution in [0.25, 0.3) is 0 Å². The molecule has 0 spiro atoms. The van der Waals surface area contributed by atoms with Crippen LogP contribution in [-0.2, 0) is 13.8 Å². The maximum absolute atomic E-state index is 11.8. The lowest BCUT2D eigenvalue weighted by atomic mass is 10.2.